The van der Waals surface area contributed by atoms with Gasteiger partial charge in [-0.25, -0.2) is 0 Å². The second-order valence-corrected chi connectivity index (χ2v) is 3.67. The van der Waals surface area contributed by atoms with Crippen molar-refractivity contribution >= 4 is 5.84 Å². The SMILES string of the molecule is C/C=C1/C=CN(C(CC)CCC)C1=N.CC. The number of hydrogen-bond acceptors (Lipinski definition) is 1. The Labute approximate surface area is 101 Å². The summed E-state index contributed by atoms with van der Waals surface area (Å²) in [5.74, 6) is 0.660. The maximum atomic E-state index is 7.97. The lowest BCUT2D eigenvalue weighted by Gasteiger charge is -2.26. The highest BCUT2D eigenvalue weighted by molar-refractivity contribution is 6.01. The normalized spacial score (nSPS) is 18.7. The second-order valence-electron chi connectivity index (χ2n) is 3.67. The summed E-state index contributed by atoms with van der Waals surface area (Å²) in [5.41, 5.74) is 1.04. The van der Waals surface area contributed by atoms with Crippen LogP contribution in [-0.4, -0.2) is 16.8 Å². The Bertz CT molecular complexity index is 264. The van der Waals surface area contributed by atoms with Crippen molar-refractivity contribution in [3.05, 3.63) is 23.9 Å². The number of nitrogens with one attached hydrogen (secondary N) is 1. The molecule has 16 heavy (non-hydrogen) atoms. The zero-order chi connectivity index (χ0) is 12.6. The molecule has 0 aromatic rings. The molecule has 0 saturated carbocycles. The topological polar surface area (TPSA) is 27.1 Å². The fraction of sp³-hybridized carbons (Fsp3) is 0.643. The van der Waals surface area contributed by atoms with E-state index < -0.39 is 0 Å². The van der Waals surface area contributed by atoms with Crippen molar-refractivity contribution in [3.8, 4) is 0 Å². The third-order valence-electron chi connectivity index (χ3n) is 2.74. The standard InChI is InChI=1S/C12H20N2.C2H6/c1-4-7-11(6-3)14-9-8-10(5-2)12(14)13;1-2/h5,8-9,11,13H,4,6-7H2,1-3H3;1-2H3/b10-5-,13-12?;. The first-order chi connectivity index (χ1) is 7.74. The van der Waals surface area contributed by atoms with Gasteiger partial charge in [0.05, 0.1) is 0 Å². The van der Waals surface area contributed by atoms with Gasteiger partial charge >= 0.3 is 0 Å². The Hall–Kier alpha value is -1.05. The largest absolute Gasteiger partial charge is 0.330 e. The quantitative estimate of drug-likeness (QED) is 0.752. The van der Waals surface area contributed by atoms with Gasteiger partial charge in [0.25, 0.3) is 0 Å². The molecule has 1 rings (SSSR count). The number of hydrogen-bond donors (Lipinski definition) is 1. The first-order valence-corrected chi connectivity index (χ1v) is 6.46. The van der Waals surface area contributed by atoms with Crippen LogP contribution in [0.25, 0.3) is 0 Å². The van der Waals surface area contributed by atoms with E-state index in [4.69, 9.17) is 5.41 Å². The van der Waals surface area contributed by atoms with E-state index in [1.807, 2.05) is 39.1 Å². The van der Waals surface area contributed by atoms with Gasteiger partial charge in [-0.15, -0.1) is 0 Å². The van der Waals surface area contributed by atoms with Crippen molar-refractivity contribution in [2.24, 2.45) is 0 Å². The van der Waals surface area contributed by atoms with Gasteiger partial charge < -0.3 is 4.90 Å². The van der Waals surface area contributed by atoms with Crippen molar-refractivity contribution in [1.82, 2.24) is 4.90 Å². The van der Waals surface area contributed by atoms with E-state index in [-0.39, 0.29) is 0 Å². The summed E-state index contributed by atoms with van der Waals surface area (Å²) in [6.45, 7) is 10.4. The molecule has 1 unspecified atom stereocenters. The predicted octanol–water partition coefficient (Wildman–Crippen LogP) is 4.34. The molecule has 0 aromatic carbocycles. The number of allylic oxidation sites excluding steroid dienone is 1. The first kappa shape index (κ1) is 14.9. The van der Waals surface area contributed by atoms with Crippen LogP contribution in [0, 0.1) is 5.41 Å². The monoisotopic (exact) mass is 222 g/mol. The van der Waals surface area contributed by atoms with E-state index in [0.717, 1.165) is 12.0 Å². The van der Waals surface area contributed by atoms with E-state index in [0.29, 0.717) is 11.9 Å². The van der Waals surface area contributed by atoms with E-state index >= 15 is 0 Å². The summed E-state index contributed by atoms with van der Waals surface area (Å²) in [4.78, 5) is 2.10. The summed E-state index contributed by atoms with van der Waals surface area (Å²) >= 11 is 0. The van der Waals surface area contributed by atoms with E-state index in [2.05, 4.69) is 18.7 Å². The van der Waals surface area contributed by atoms with Crippen LogP contribution in [0.4, 0.5) is 0 Å². The average Bonchev–Trinajstić information content (AvgIpc) is 2.70. The minimum Gasteiger partial charge on any atom is -0.330 e. The Morgan fingerprint density at radius 3 is 2.38 bits per heavy atom. The fourth-order valence-corrected chi connectivity index (χ4v) is 1.87. The van der Waals surface area contributed by atoms with Crippen LogP contribution in [0.3, 0.4) is 0 Å². The summed E-state index contributed by atoms with van der Waals surface area (Å²) in [7, 11) is 0. The summed E-state index contributed by atoms with van der Waals surface area (Å²) in [5, 5.41) is 7.97. The third kappa shape index (κ3) is 3.51. The Morgan fingerprint density at radius 2 is 2.00 bits per heavy atom. The molecule has 1 heterocycles. The van der Waals surface area contributed by atoms with Crippen molar-refractivity contribution in [1.29, 1.82) is 5.41 Å². The van der Waals surface area contributed by atoms with Crippen LogP contribution in [0.1, 0.15) is 53.9 Å². The minimum atomic E-state index is 0.501. The summed E-state index contributed by atoms with van der Waals surface area (Å²) < 4.78 is 0. The van der Waals surface area contributed by atoms with Crippen LogP contribution in [0.5, 0.6) is 0 Å². The van der Waals surface area contributed by atoms with Crippen molar-refractivity contribution in [2.75, 3.05) is 0 Å². The molecule has 1 N–H and O–H groups in total. The van der Waals surface area contributed by atoms with E-state index in [9.17, 15) is 0 Å². The van der Waals surface area contributed by atoms with Gasteiger partial charge in [0.1, 0.15) is 5.84 Å². The molecule has 2 heteroatoms. The lowest BCUT2D eigenvalue weighted by molar-refractivity contribution is 0.366. The smallest absolute Gasteiger partial charge is 0.132 e. The molecule has 0 amide bonds. The zero-order valence-electron chi connectivity index (χ0n) is 11.4. The zero-order valence-corrected chi connectivity index (χ0v) is 11.4. The van der Waals surface area contributed by atoms with Crippen LogP contribution in [-0.2, 0) is 0 Å². The minimum absolute atomic E-state index is 0.501. The van der Waals surface area contributed by atoms with Gasteiger partial charge in [0, 0.05) is 17.8 Å². The van der Waals surface area contributed by atoms with Gasteiger partial charge in [-0.05, 0) is 25.8 Å². The highest BCUT2D eigenvalue weighted by Gasteiger charge is 2.22. The molecule has 1 aliphatic rings. The Kier molecular flexibility index (Phi) is 7.61. The van der Waals surface area contributed by atoms with Gasteiger partial charge in [-0.2, -0.15) is 0 Å². The van der Waals surface area contributed by atoms with Crippen molar-refractivity contribution in [3.63, 3.8) is 0 Å². The molecule has 92 valence electrons. The fourth-order valence-electron chi connectivity index (χ4n) is 1.87. The maximum Gasteiger partial charge on any atom is 0.132 e. The molecule has 0 saturated heterocycles. The van der Waals surface area contributed by atoms with Gasteiger partial charge in [-0.3, -0.25) is 5.41 Å². The Balaban J connectivity index is 0.00000106. The molecule has 0 radical (unpaired) electrons. The summed E-state index contributed by atoms with van der Waals surface area (Å²) in [6.07, 6.45) is 9.53. The predicted molar refractivity (Wildman–Crippen MR) is 72.8 cm³/mol. The van der Waals surface area contributed by atoms with Gasteiger partial charge in [0.2, 0.25) is 0 Å². The van der Waals surface area contributed by atoms with E-state index in [1.54, 1.807) is 0 Å². The van der Waals surface area contributed by atoms with Crippen LogP contribution >= 0.6 is 0 Å². The second kappa shape index (κ2) is 8.14. The average molecular weight is 222 g/mol. The van der Waals surface area contributed by atoms with Crippen molar-refractivity contribution in [2.45, 2.75) is 59.9 Å². The number of amidine groups is 1. The molecule has 1 aliphatic heterocycles. The molecule has 0 aromatic heterocycles. The number of nitrogens with zero attached hydrogens (tertiary/aromatic N) is 1. The highest BCUT2D eigenvalue weighted by atomic mass is 15.2. The maximum absolute atomic E-state index is 7.97. The van der Waals surface area contributed by atoms with Crippen LogP contribution < -0.4 is 0 Å². The molecular weight excluding hydrogens is 196 g/mol. The van der Waals surface area contributed by atoms with Gasteiger partial charge in [-0.1, -0.05) is 40.2 Å². The van der Waals surface area contributed by atoms with Crippen LogP contribution in [0.15, 0.2) is 23.9 Å². The molecule has 0 bridgehead atoms. The van der Waals surface area contributed by atoms with Gasteiger partial charge in [0.15, 0.2) is 0 Å². The number of rotatable bonds is 4. The molecular formula is C14H26N2. The third-order valence-corrected chi connectivity index (χ3v) is 2.74. The molecule has 0 aliphatic carbocycles. The van der Waals surface area contributed by atoms with Crippen LogP contribution in [0.2, 0.25) is 0 Å². The van der Waals surface area contributed by atoms with Crippen molar-refractivity contribution < 1.29 is 0 Å². The summed E-state index contributed by atoms with van der Waals surface area (Å²) in [6, 6.07) is 0.501. The first-order valence-electron chi connectivity index (χ1n) is 6.46. The lowest BCUT2D eigenvalue weighted by atomic mass is 10.1. The molecule has 2 nitrogen and oxygen atoms in total. The molecule has 0 fully saturated rings. The van der Waals surface area contributed by atoms with E-state index in [1.165, 1.54) is 12.8 Å². The molecule has 0 spiro atoms. The Morgan fingerprint density at radius 1 is 1.38 bits per heavy atom. The lowest BCUT2D eigenvalue weighted by Crippen LogP contribution is -2.32. The molecule has 1 atom stereocenters. The highest BCUT2D eigenvalue weighted by Crippen LogP contribution is 2.21.